The Bertz CT molecular complexity index is 447. The van der Waals surface area contributed by atoms with Gasteiger partial charge >= 0.3 is 0 Å². The highest BCUT2D eigenvalue weighted by atomic mass is 32.2. The molecule has 2 rings (SSSR count). The molecule has 0 spiro atoms. The van der Waals surface area contributed by atoms with Gasteiger partial charge in [-0.3, -0.25) is 9.59 Å². The quantitative estimate of drug-likeness (QED) is 0.626. The second-order valence-electron chi connectivity index (χ2n) is 4.43. The van der Waals surface area contributed by atoms with E-state index in [0.717, 1.165) is 17.1 Å². The van der Waals surface area contributed by atoms with Gasteiger partial charge in [-0.25, -0.2) is 0 Å². The van der Waals surface area contributed by atoms with E-state index in [2.05, 4.69) is 0 Å². The summed E-state index contributed by atoms with van der Waals surface area (Å²) in [7, 11) is 0. The van der Waals surface area contributed by atoms with Crippen molar-refractivity contribution in [1.82, 2.24) is 0 Å². The first-order chi connectivity index (χ1) is 8.59. The zero-order valence-corrected chi connectivity index (χ0v) is 12.1. The van der Waals surface area contributed by atoms with Crippen molar-refractivity contribution in [3.05, 3.63) is 35.4 Å². The lowest BCUT2D eigenvalue weighted by atomic mass is 9.95. The molecular formula is C14H16O2S2. The van der Waals surface area contributed by atoms with Crippen LogP contribution in [-0.2, 0) is 4.79 Å². The monoisotopic (exact) mass is 280 g/mol. The molecule has 0 amide bonds. The van der Waals surface area contributed by atoms with Crippen LogP contribution in [0.4, 0.5) is 0 Å². The summed E-state index contributed by atoms with van der Waals surface area (Å²) >= 11 is 3.45. The summed E-state index contributed by atoms with van der Waals surface area (Å²) in [5.74, 6) is 1.51. The van der Waals surface area contributed by atoms with Crippen molar-refractivity contribution in [2.45, 2.75) is 18.4 Å². The Morgan fingerprint density at radius 1 is 1.17 bits per heavy atom. The van der Waals surface area contributed by atoms with Gasteiger partial charge in [0.1, 0.15) is 11.7 Å². The van der Waals surface area contributed by atoms with Gasteiger partial charge in [-0.15, -0.1) is 23.5 Å². The first kappa shape index (κ1) is 13.7. The number of hydrogen-bond donors (Lipinski definition) is 0. The van der Waals surface area contributed by atoms with E-state index in [0.29, 0.717) is 5.56 Å². The minimum absolute atomic E-state index is 0.0209. The van der Waals surface area contributed by atoms with Crippen LogP contribution in [0.5, 0.6) is 0 Å². The third kappa shape index (κ3) is 2.98. The number of ketones is 2. The molecule has 0 unspecified atom stereocenters. The molecule has 0 aromatic heterocycles. The van der Waals surface area contributed by atoms with Crippen molar-refractivity contribution >= 4 is 35.1 Å². The topological polar surface area (TPSA) is 34.1 Å². The van der Waals surface area contributed by atoms with Crippen LogP contribution in [0.25, 0.3) is 0 Å². The van der Waals surface area contributed by atoms with Gasteiger partial charge in [0.2, 0.25) is 0 Å². The molecule has 4 heteroatoms. The SMILES string of the molecule is CC(=O)[C@@H](C(=O)c1ccc(C)cc1)C1SCCS1. The van der Waals surface area contributed by atoms with Crippen LogP contribution in [0.3, 0.4) is 0 Å². The van der Waals surface area contributed by atoms with Gasteiger partial charge in [0.25, 0.3) is 0 Å². The highest BCUT2D eigenvalue weighted by molar-refractivity contribution is 8.20. The molecule has 0 N–H and O–H groups in total. The molecule has 1 aliphatic heterocycles. The van der Waals surface area contributed by atoms with Gasteiger partial charge in [-0.05, 0) is 13.8 Å². The molecule has 0 aliphatic carbocycles. The third-order valence-electron chi connectivity index (χ3n) is 2.98. The molecule has 96 valence electrons. The molecule has 0 saturated carbocycles. The average molecular weight is 280 g/mol. The smallest absolute Gasteiger partial charge is 0.175 e. The van der Waals surface area contributed by atoms with Crippen LogP contribution in [-0.4, -0.2) is 27.7 Å². The third-order valence-corrected chi connectivity index (χ3v) is 6.13. The number of hydrogen-bond acceptors (Lipinski definition) is 4. The number of benzene rings is 1. The fraction of sp³-hybridized carbons (Fsp3) is 0.429. The molecule has 1 aromatic rings. The first-order valence-corrected chi connectivity index (χ1v) is 8.04. The minimum atomic E-state index is -0.495. The van der Waals surface area contributed by atoms with E-state index in [4.69, 9.17) is 0 Å². The summed E-state index contributed by atoms with van der Waals surface area (Å²) < 4.78 is 0.0938. The molecular weight excluding hydrogens is 264 g/mol. The van der Waals surface area contributed by atoms with E-state index in [1.807, 2.05) is 31.2 Å². The van der Waals surface area contributed by atoms with Gasteiger partial charge in [-0.2, -0.15) is 0 Å². The molecule has 1 aromatic carbocycles. The van der Waals surface area contributed by atoms with Crippen molar-refractivity contribution in [1.29, 1.82) is 0 Å². The Balaban J connectivity index is 2.22. The number of thioether (sulfide) groups is 2. The first-order valence-electron chi connectivity index (χ1n) is 5.94. The Hall–Kier alpha value is -0.740. The molecule has 1 saturated heterocycles. The van der Waals surface area contributed by atoms with E-state index in [-0.39, 0.29) is 16.1 Å². The average Bonchev–Trinajstić information content (AvgIpc) is 2.83. The van der Waals surface area contributed by atoms with E-state index >= 15 is 0 Å². The fourth-order valence-electron chi connectivity index (χ4n) is 1.97. The van der Waals surface area contributed by atoms with Crippen LogP contribution in [0.1, 0.15) is 22.8 Å². The predicted molar refractivity (Wildman–Crippen MR) is 78.4 cm³/mol. The number of Topliss-reactive ketones (excluding diaryl/α,β-unsaturated/α-hetero) is 2. The standard InChI is InChI=1S/C14H16O2S2/c1-9-3-5-11(6-4-9)13(16)12(10(2)15)14-17-7-8-18-14/h3-6,12,14H,7-8H2,1-2H3/t12-/m0/s1. The Morgan fingerprint density at radius 3 is 2.22 bits per heavy atom. The maximum atomic E-state index is 12.4. The minimum Gasteiger partial charge on any atom is -0.299 e. The van der Waals surface area contributed by atoms with Crippen molar-refractivity contribution in [2.75, 3.05) is 11.5 Å². The van der Waals surface area contributed by atoms with Crippen molar-refractivity contribution in [3.8, 4) is 0 Å². The molecule has 0 bridgehead atoms. The maximum absolute atomic E-state index is 12.4. The lowest BCUT2D eigenvalue weighted by molar-refractivity contribution is -0.118. The predicted octanol–water partition coefficient (Wildman–Crippen LogP) is 3.19. The van der Waals surface area contributed by atoms with E-state index < -0.39 is 5.92 Å². The molecule has 1 aliphatic rings. The Labute approximate surface area is 116 Å². The molecule has 1 heterocycles. The Morgan fingerprint density at radius 2 is 1.72 bits per heavy atom. The summed E-state index contributed by atoms with van der Waals surface area (Å²) in [6, 6.07) is 7.47. The van der Waals surface area contributed by atoms with Crippen LogP contribution in [0.15, 0.2) is 24.3 Å². The highest BCUT2D eigenvalue weighted by Crippen LogP contribution is 2.39. The largest absolute Gasteiger partial charge is 0.299 e. The second kappa shape index (κ2) is 5.93. The van der Waals surface area contributed by atoms with Crippen molar-refractivity contribution in [2.24, 2.45) is 5.92 Å². The van der Waals surface area contributed by atoms with Gasteiger partial charge in [0.05, 0.1) is 4.58 Å². The zero-order chi connectivity index (χ0) is 13.1. The van der Waals surface area contributed by atoms with Crippen LogP contribution < -0.4 is 0 Å². The van der Waals surface area contributed by atoms with Crippen LogP contribution in [0, 0.1) is 12.8 Å². The molecule has 2 nitrogen and oxygen atoms in total. The van der Waals surface area contributed by atoms with Crippen molar-refractivity contribution < 1.29 is 9.59 Å². The summed E-state index contributed by atoms with van der Waals surface area (Å²) in [6.07, 6.45) is 0. The molecule has 0 radical (unpaired) electrons. The van der Waals surface area contributed by atoms with Crippen LogP contribution in [0.2, 0.25) is 0 Å². The highest BCUT2D eigenvalue weighted by Gasteiger charge is 2.35. The normalized spacial score (nSPS) is 17.7. The molecule has 18 heavy (non-hydrogen) atoms. The number of carbonyl (C=O) groups is 2. The van der Waals surface area contributed by atoms with E-state index in [1.54, 1.807) is 23.5 Å². The summed E-state index contributed by atoms with van der Waals surface area (Å²) in [4.78, 5) is 24.2. The molecule has 1 atom stereocenters. The fourth-order valence-corrected chi connectivity index (χ4v) is 5.18. The zero-order valence-electron chi connectivity index (χ0n) is 10.5. The summed E-state index contributed by atoms with van der Waals surface area (Å²) in [6.45, 7) is 3.51. The summed E-state index contributed by atoms with van der Waals surface area (Å²) in [5.41, 5.74) is 1.77. The van der Waals surface area contributed by atoms with Gasteiger partial charge < -0.3 is 0 Å². The number of rotatable bonds is 4. The van der Waals surface area contributed by atoms with Gasteiger partial charge in [0, 0.05) is 17.1 Å². The molecule has 1 fully saturated rings. The van der Waals surface area contributed by atoms with Gasteiger partial charge in [-0.1, -0.05) is 29.8 Å². The van der Waals surface area contributed by atoms with E-state index in [9.17, 15) is 9.59 Å². The number of aryl methyl sites for hydroxylation is 1. The van der Waals surface area contributed by atoms with E-state index in [1.165, 1.54) is 6.92 Å². The second-order valence-corrected chi connectivity index (χ2v) is 7.23. The summed E-state index contributed by atoms with van der Waals surface area (Å²) in [5, 5.41) is 0. The number of carbonyl (C=O) groups excluding carboxylic acids is 2. The van der Waals surface area contributed by atoms with Gasteiger partial charge in [0.15, 0.2) is 5.78 Å². The van der Waals surface area contributed by atoms with Crippen LogP contribution >= 0.6 is 23.5 Å². The lowest BCUT2D eigenvalue weighted by Crippen LogP contribution is -2.29. The maximum Gasteiger partial charge on any atom is 0.175 e. The van der Waals surface area contributed by atoms with Crippen molar-refractivity contribution in [3.63, 3.8) is 0 Å². The lowest BCUT2D eigenvalue weighted by Gasteiger charge is -2.18. The Kier molecular flexibility index (Phi) is 4.51.